The zero-order chi connectivity index (χ0) is 14.7. The van der Waals surface area contributed by atoms with Gasteiger partial charge in [0.25, 0.3) is 0 Å². The Morgan fingerprint density at radius 2 is 1.95 bits per heavy atom. The zero-order valence-electron chi connectivity index (χ0n) is 13.1. The molecule has 0 spiro atoms. The number of aromatic nitrogens is 1. The van der Waals surface area contributed by atoms with Crippen LogP contribution in [0.1, 0.15) is 31.0 Å². The molecule has 3 heteroatoms. The molecular weight excluding hydrogens is 258 g/mol. The fraction of sp³-hybridized carbons (Fsp3) is 0.444. The largest absolute Gasteiger partial charge is 0.379 e. The van der Waals surface area contributed by atoms with Crippen LogP contribution in [0.3, 0.4) is 0 Å². The maximum atomic E-state index is 3.57. The quantitative estimate of drug-likeness (QED) is 0.894. The second-order valence-corrected chi connectivity index (χ2v) is 5.83. The van der Waals surface area contributed by atoms with Crippen LogP contribution in [0.4, 0.5) is 11.4 Å². The first-order valence-corrected chi connectivity index (χ1v) is 8.01. The van der Waals surface area contributed by atoms with Crippen LogP contribution in [0.15, 0.2) is 36.5 Å². The van der Waals surface area contributed by atoms with Gasteiger partial charge in [-0.1, -0.05) is 0 Å². The third-order valence-corrected chi connectivity index (χ3v) is 4.41. The van der Waals surface area contributed by atoms with Crippen molar-refractivity contribution in [3.05, 3.63) is 47.8 Å². The van der Waals surface area contributed by atoms with E-state index in [2.05, 4.69) is 65.2 Å². The van der Waals surface area contributed by atoms with Crippen LogP contribution in [0, 0.1) is 6.92 Å². The summed E-state index contributed by atoms with van der Waals surface area (Å²) in [6.45, 7) is 8.69. The molecule has 2 heterocycles. The van der Waals surface area contributed by atoms with Crippen LogP contribution >= 0.6 is 0 Å². The lowest BCUT2D eigenvalue weighted by Gasteiger charge is -2.19. The average molecular weight is 283 g/mol. The molecule has 1 aromatic heterocycles. The van der Waals surface area contributed by atoms with Crippen LogP contribution < -0.4 is 10.2 Å². The standard InChI is InChI=1S/C18H25N3/c1-3-20-12-6-7-17(20)14-19-18-9-8-16(13-15(18)2)21-10-4-5-11-21/h6-9,12-13,19H,3-5,10-11,14H2,1-2H3. The molecule has 0 aliphatic carbocycles. The van der Waals surface area contributed by atoms with Gasteiger partial charge in [0.1, 0.15) is 0 Å². The van der Waals surface area contributed by atoms with Crippen molar-refractivity contribution in [2.45, 2.75) is 39.8 Å². The van der Waals surface area contributed by atoms with E-state index in [1.807, 2.05) is 0 Å². The molecule has 112 valence electrons. The molecule has 0 saturated carbocycles. The predicted octanol–water partition coefficient (Wildman–Crippen LogP) is 4.03. The number of nitrogens with one attached hydrogen (secondary N) is 1. The molecule has 1 saturated heterocycles. The first-order chi connectivity index (χ1) is 10.3. The summed E-state index contributed by atoms with van der Waals surface area (Å²) in [5.41, 5.74) is 5.27. The summed E-state index contributed by atoms with van der Waals surface area (Å²) in [6.07, 6.45) is 4.79. The first-order valence-electron chi connectivity index (χ1n) is 8.01. The minimum Gasteiger partial charge on any atom is -0.379 e. The van der Waals surface area contributed by atoms with Gasteiger partial charge in [-0.3, -0.25) is 0 Å². The Morgan fingerprint density at radius 3 is 2.67 bits per heavy atom. The molecule has 0 amide bonds. The molecule has 1 fully saturated rings. The summed E-state index contributed by atoms with van der Waals surface area (Å²) in [7, 11) is 0. The molecule has 1 aliphatic rings. The second-order valence-electron chi connectivity index (χ2n) is 5.83. The van der Waals surface area contributed by atoms with E-state index in [9.17, 15) is 0 Å². The van der Waals surface area contributed by atoms with E-state index in [-0.39, 0.29) is 0 Å². The summed E-state index contributed by atoms with van der Waals surface area (Å²) in [5, 5.41) is 3.57. The van der Waals surface area contributed by atoms with E-state index >= 15 is 0 Å². The van der Waals surface area contributed by atoms with Crippen LogP contribution in [0.5, 0.6) is 0 Å². The van der Waals surface area contributed by atoms with E-state index in [1.165, 1.54) is 48.6 Å². The highest BCUT2D eigenvalue weighted by Gasteiger charge is 2.13. The maximum absolute atomic E-state index is 3.57. The van der Waals surface area contributed by atoms with Crippen LogP contribution in [0.2, 0.25) is 0 Å². The molecule has 21 heavy (non-hydrogen) atoms. The first kappa shape index (κ1) is 14.1. The summed E-state index contributed by atoms with van der Waals surface area (Å²) >= 11 is 0. The Kier molecular flexibility index (Phi) is 4.18. The molecule has 0 atom stereocenters. The van der Waals surface area contributed by atoms with Gasteiger partial charge in [0.05, 0.1) is 6.54 Å². The lowest BCUT2D eigenvalue weighted by Crippen LogP contribution is -2.17. The van der Waals surface area contributed by atoms with Gasteiger partial charge < -0.3 is 14.8 Å². The van der Waals surface area contributed by atoms with Gasteiger partial charge in [0.15, 0.2) is 0 Å². The Balaban J connectivity index is 1.68. The lowest BCUT2D eigenvalue weighted by molar-refractivity contribution is 0.724. The van der Waals surface area contributed by atoms with Crippen LogP contribution in [-0.4, -0.2) is 17.7 Å². The highest BCUT2D eigenvalue weighted by atomic mass is 15.1. The number of rotatable bonds is 5. The monoisotopic (exact) mass is 283 g/mol. The third kappa shape index (κ3) is 3.07. The van der Waals surface area contributed by atoms with Crippen molar-refractivity contribution in [2.24, 2.45) is 0 Å². The minimum absolute atomic E-state index is 0.880. The highest BCUT2D eigenvalue weighted by Crippen LogP contribution is 2.25. The Hall–Kier alpha value is -1.90. The summed E-state index contributed by atoms with van der Waals surface area (Å²) in [4.78, 5) is 2.49. The molecule has 0 unspecified atom stereocenters. The number of anilines is 2. The lowest BCUT2D eigenvalue weighted by atomic mass is 10.1. The zero-order valence-corrected chi connectivity index (χ0v) is 13.1. The Morgan fingerprint density at radius 1 is 1.14 bits per heavy atom. The van der Waals surface area contributed by atoms with Gasteiger partial charge in [-0.2, -0.15) is 0 Å². The highest BCUT2D eigenvalue weighted by molar-refractivity contribution is 5.60. The minimum atomic E-state index is 0.880. The summed E-state index contributed by atoms with van der Waals surface area (Å²) in [6, 6.07) is 11.1. The van der Waals surface area contributed by atoms with Gasteiger partial charge in [0, 0.05) is 42.9 Å². The normalized spacial score (nSPS) is 14.7. The topological polar surface area (TPSA) is 20.2 Å². The van der Waals surface area contributed by atoms with E-state index in [0.717, 1.165) is 13.1 Å². The number of aryl methyl sites for hydroxylation is 2. The van der Waals surface area contributed by atoms with Gasteiger partial charge >= 0.3 is 0 Å². The number of hydrogen-bond acceptors (Lipinski definition) is 2. The molecule has 2 aromatic rings. The Labute approximate surface area is 127 Å². The van der Waals surface area contributed by atoms with E-state index in [0.29, 0.717) is 0 Å². The number of benzene rings is 1. The van der Waals surface area contributed by atoms with Crippen molar-refractivity contribution >= 4 is 11.4 Å². The molecule has 1 aliphatic heterocycles. The van der Waals surface area contributed by atoms with Gasteiger partial charge in [-0.25, -0.2) is 0 Å². The predicted molar refractivity (Wildman–Crippen MR) is 90.1 cm³/mol. The van der Waals surface area contributed by atoms with E-state index in [4.69, 9.17) is 0 Å². The summed E-state index contributed by atoms with van der Waals surface area (Å²) < 4.78 is 2.28. The smallest absolute Gasteiger partial charge is 0.0553 e. The van der Waals surface area contributed by atoms with Crippen LogP contribution in [0.25, 0.3) is 0 Å². The fourth-order valence-electron chi connectivity index (χ4n) is 3.12. The SMILES string of the molecule is CCn1cccc1CNc1ccc(N2CCCC2)cc1C. The molecule has 3 rings (SSSR count). The van der Waals surface area contributed by atoms with Crippen molar-refractivity contribution in [1.82, 2.24) is 4.57 Å². The van der Waals surface area contributed by atoms with E-state index < -0.39 is 0 Å². The average Bonchev–Trinajstić information content (AvgIpc) is 3.17. The third-order valence-electron chi connectivity index (χ3n) is 4.41. The molecule has 1 aromatic carbocycles. The Bertz CT molecular complexity index is 594. The fourth-order valence-corrected chi connectivity index (χ4v) is 3.12. The second kappa shape index (κ2) is 6.25. The van der Waals surface area contributed by atoms with Crippen molar-refractivity contribution in [2.75, 3.05) is 23.3 Å². The summed E-state index contributed by atoms with van der Waals surface area (Å²) in [5.74, 6) is 0. The van der Waals surface area contributed by atoms with Crippen molar-refractivity contribution in [3.8, 4) is 0 Å². The van der Waals surface area contributed by atoms with Crippen molar-refractivity contribution in [3.63, 3.8) is 0 Å². The number of nitrogens with zero attached hydrogens (tertiary/aromatic N) is 2. The number of hydrogen-bond donors (Lipinski definition) is 1. The van der Waals surface area contributed by atoms with Gasteiger partial charge in [-0.05, 0) is 62.6 Å². The van der Waals surface area contributed by atoms with Gasteiger partial charge in [0.2, 0.25) is 0 Å². The molecular formula is C18H25N3. The van der Waals surface area contributed by atoms with Gasteiger partial charge in [-0.15, -0.1) is 0 Å². The van der Waals surface area contributed by atoms with Crippen LogP contribution in [-0.2, 0) is 13.1 Å². The van der Waals surface area contributed by atoms with Crippen molar-refractivity contribution < 1.29 is 0 Å². The van der Waals surface area contributed by atoms with E-state index in [1.54, 1.807) is 0 Å². The molecule has 0 radical (unpaired) electrons. The molecule has 1 N–H and O–H groups in total. The molecule has 3 nitrogen and oxygen atoms in total. The van der Waals surface area contributed by atoms with Crippen molar-refractivity contribution in [1.29, 1.82) is 0 Å². The maximum Gasteiger partial charge on any atom is 0.0553 e. The molecule has 0 bridgehead atoms.